The molecule has 29 heavy (non-hydrogen) atoms. The van der Waals surface area contributed by atoms with Crippen LogP contribution in [0.15, 0.2) is 24.3 Å². The fourth-order valence-corrected chi connectivity index (χ4v) is 4.89. The van der Waals surface area contributed by atoms with Crippen molar-refractivity contribution >= 4 is 39.8 Å². The van der Waals surface area contributed by atoms with Crippen LogP contribution in [0.5, 0.6) is 0 Å². The van der Waals surface area contributed by atoms with Crippen molar-refractivity contribution in [2.45, 2.75) is 52.4 Å². The third-order valence-corrected chi connectivity index (χ3v) is 6.22. The standard InChI is InChI=1S/C22H26N2O4S/c1-13-7-9-15(10-8-13)23-21(28)20-16-5-3-4-6-17(16)29-22(20)24-18(25)11-14(2)12-19(26)27/h7-10,14H,3-6,11-12H2,1-2H3,(H,23,28)(H,24,25)(H,26,27). The van der Waals surface area contributed by atoms with Crippen LogP contribution >= 0.6 is 11.3 Å². The number of aliphatic carboxylic acids is 1. The lowest BCUT2D eigenvalue weighted by Gasteiger charge is -2.14. The van der Waals surface area contributed by atoms with Gasteiger partial charge in [-0.05, 0) is 56.2 Å². The molecule has 7 heteroatoms. The van der Waals surface area contributed by atoms with Gasteiger partial charge in [0.05, 0.1) is 5.56 Å². The molecule has 154 valence electrons. The van der Waals surface area contributed by atoms with Crippen LogP contribution in [0.2, 0.25) is 0 Å². The Morgan fingerprint density at radius 2 is 1.76 bits per heavy atom. The van der Waals surface area contributed by atoms with Gasteiger partial charge < -0.3 is 15.7 Å². The summed E-state index contributed by atoms with van der Waals surface area (Å²) in [6.45, 7) is 3.72. The fraction of sp³-hybridized carbons (Fsp3) is 0.409. The van der Waals surface area contributed by atoms with E-state index in [1.165, 1.54) is 11.3 Å². The van der Waals surface area contributed by atoms with Gasteiger partial charge in [-0.1, -0.05) is 24.6 Å². The van der Waals surface area contributed by atoms with Gasteiger partial charge in [0.25, 0.3) is 5.91 Å². The molecule has 1 aromatic heterocycles. The van der Waals surface area contributed by atoms with Gasteiger partial charge in [-0.15, -0.1) is 11.3 Å². The van der Waals surface area contributed by atoms with E-state index in [2.05, 4.69) is 10.6 Å². The predicted octanol–water partition coefficient (Wildman–Crippen LogP) is 4.63. The first-order valence-corrected chi connectivity index (χ1v) is 10.7. The second-order valence-corrected chi connectivity index (χ2v) is 8.80. The van der Waals surface area contributed by atoms with E-state index in [1.807, 2.05) is 31.2 Å². The molecule has 1 heterocycles. The van der Waals surface area contributed by atoms with E-state index in [1.54, 1.807) is 6.92 Å². The van der Waals surface area contributed by atoms with Gasteiger partial charge in [-0.25, -0.2) is 0 Å². The number of carbonyl (C=O) groups excluding carboxylic acids is 2. The molecule has 0 saturated heterocycles. The second-order valence-electron chi connectivity index (χ2n) is 7.69. The minimum absolute atomic E-state index is 0.0604. The fourth-order valence-electron chi connectivity index (χ4n) is 3.59. The molecule has 0 radical (unpaired) electrons. The van der Waals surface area contributed by atoms with E-state index in [0.29, 0.717) is 16.3 Å². The van der Waals surface area contributed by atoms with Crippen LogP contribution in [0.1, 0.15) is 59.0 Å². The molecule has 1 aliphatic carbocycles. The number of fused-ring (bicyclic) bond motifs is 1. The molecule has 3 N–H and O–H groups in total. The number of hydrogen-bond acceptors (Lipinski definition) is 4. The van der Waals surface area contributed by atoms with Gasteiger partial charge in [0.2, 0.25) is 5.91 Å². The molecule has 1 aliphatic rings. The first kappa shape index (κ1) is 21.0. The number of carboxylic acid groups (broad SMARTS) is 1. The van der Waals surface area contributed by atoms with Crippen LogP contribution in [-0.4, -0.2) is 22.9 Å². The minimum Gasteiger partial charge on any atom is -0.481 e. The zero-order chi connectivity index (χ0) is 21.0. The summed E-state index contributed by atoms with van der Waals surface area (Å²) in [5.74, 6) is -1.68. The Hall–Kier alpha value is -2.67. The number of hydrogen-bond donors (Lipinski definition) is 3. The summed E-state index contributed by atoms with van der Waals surface area (Å²) in [5, 5.41) is 15.3. The molecule has 2 amide bonds. The molecular weight excluding hydrogens is 388 g/mol. The monoisotopic (exact) mass is 414 g/mol. The van der Waals surface area contributed by atoms with Crippen molar-refractivity contribution in [3.63, 3.8) is 0 Å². The normalized spacial score (nSPS) is 14.0. The number of rotatable bonds is 7. The average molecular weight is 415 g/mol. The molecule has 0 aliphatic heterocycles. The van der Waals surface area contributed by atoms with E-state index in [0.717, 1.165) is 41.7 Å². The number of benzene rings is 1. The highest BCUT2D eigenvalue weighted by molar-refractivity contribution is 7.17. The number of thiophene rings is 1. The van der Waals surface area contributed by atoms with Crippen LogP contribution in [0, 0.1) is 12.8 Å². The van der Waals surface area contributed by atoms with Crippen molar-refractivity contribution in [2.24, 2.45) is 5.92 Å². The zero-order valence-corrected chi connectivity index (χ0v) is 17.5. The van der Waals surface area contributed by atoms with E-state index in [-0.39, 0.29) is 30.6 Å². The highest BCUT2D eigenvalue weighted by Gasteiger charge is 2.27. The SMILES string of the molecule is Cc1ccc(NC(=O)c2c(NC(=O)CC(C)CC(=O)O)sc3c2CCCC3)cc1. The van der Waals surface area contributed by atoms with E-state index in [4.69, 9.17) is 5.11 Å². The van der Waals surface area contributed by atoms with E-state index in [9.17, 15) is 14.4 Å². The van der Waals surface area contributed by atoms with Gasteiger partial charge in [0.15, 0.2) is 0 Å². The Kier molecular flexibility index (Phi) is 6.69. The van der Waals surface area contributed by atoms with Crippen LogP contribution in [0.25, 0.3) is 0 Å². The summed E-state index contributed by atoms with van der Waals surface area (Å²) in [6, 6.07) is 7.59. The highest BCUT2D eigenvalue weighted by Crippen LogP contribution is 2.38. The van der Waals surface area contributed by atoms with Crippen molar-refractivity contribution in [3.8, 4) is 0 Å². The molecule has 6 nitrogen and oxygen atoms in total. The Morgan fingerprint density at radius 3 is 2.45 bits per heavy atom. The summed E-state index contributed by atoms with van der Waals surface area (Å²) in [6.07, 6.45) is 3.89. The van der Waals surface area contributed by atoms with Crippen molar-refractivity contribution in [1.82, 2.24) is 0 Å². The summed E-state index contributed by atoms with van der Waals surface area (Å²) in [7, 11) is 0. The number of anilines is 2. The Labute approximate surface area is 174 Å². The molecule has 0 fully saturated rings. The third-order valence-electron chi connectivity index (χ3n) is 5.02. The van der Waals surface area contributed by atoms with Crippen LogP contribution in [0.4, 0.5) is 10.7 Å². The maximum atomic E-state index is 13.1. The lowest BCUT2D eigenvalue weighted by Crippen LogP contribution is -2.20. The van der Waals surface area contributed by atoms with Crippen LogP contribution in [0.3, 0.4) is 0 Å². The largest absolute Gasteiger partial charge is 0.481 e. The molecular formula is C22H26N2O4S. The summed E-state index contributed by atoms with van der Waals surface area (Å²) >= 11 is 1.46. The van der Waals surface area contributed by atoms with Gasteiger partial charge in [-0.3, -0.25) is 14.4 Å². The smallest absolute Gasteiger partial charge is 0.303 e. The molecule has 1 unspecified atom stereocenters. The summed E-state index contributed by atoms with van der Waals surface area (Å²) < 4.78 is 0. The number of carbonyl (C=O) groups is 3. The molecule has 1 aromatic carbocycles. The number of amides is 2. The first-order valence-electron chi connectivity index (χ1n) is 9.87. The number of nitrogens with one attached hydrogen (secondary N) is 2. The maximum Gasteiger partial charge on any atom is 0.303 e. The molecule has 0 saturated carbocycles. The lowest BCUT2D eigenvalue weighted by atomic mass is 9.95. The molecule has 0 spiro atoms. The van der Waals surface area contributed by atoms with Crippen LogP contribution in [-0.2, 0) is 22.4 Å². The number of carboxylic acids is 1. The Balaban J connectivity index is 1.80. The predicted molar refractivity (Wildman–Crippen MR) is 115 cm³/mol. The Morgan fingerprint density at radius 1 is 1.07 bits per heavy atom. The summed E-state index contributed by atoms with van der Waals surface area (Å²) in [4.78, 5) is 37.5. The second kappa shape index (κ2) is 9.22. The molecule has 3 rings (SSSR count). The molecule has 1 atom stereocenters. The zero-order valence-electron chi connectivity index (χ0n) is 16.7. The van der Waals surface area contributed by atoms with Crippen molar-refractivity contribution < 1.29 is 19.5 Å². The first-order chi connectivity index (χ1) is 13.8. The molecule has 2 aromatic rings. The Bertz CT molecular complexity index is 918. The van der Waals surface area contributed by atoms with Crippen LogP contribution < -0.4 is 10.6 Å². The quantitative estimate of drug-likeness (QED) is 0.616. The van der Waals surface area contributed by atoms with E-state index < -0.39 is 5.97 Å². The number of aryl methyl sites for hydroxylation is 2. The van der Waals surface area contributed by atoms with E-state index >= 15 is 0 Å². The van der Waals surface area contributed by atoms with Gasteiger partial charge in [0, 0.05) is 23.4 Å². The van der Waals surface area contributed by atoms with Crippen molar-refractivity contribution in [3.05, 3.63) is 45.8 Å². The minimum atomic E-state index is -0.921. The highest BCUT2D eigenvalue weighted by atomic mass is 32.1. The third kappa shape index (κ3) is 5.44. The maximum absolute atomic E-state index is 13.1. The van der Waals surface area contributed by atoms with Gasteiger partial charge >= 0.3 is 5.97 Å². The summed E-state index contributed by atoms with van der Waals surface area (Å²) in [5.41, 5.74) is 3.40. The van der Waals surface area contributed by atoms with Gasteiger partial charge in [-0.2, -0.15) is 0 Å². The topological polar surface area (TPSA) is 95.5 Å². The van der Waals surface area contributed by atoms with Gasteiger partial charge in [0.1, 0.15) is 5.00 Å². The average Bonchev–Trinajstić information content (AvgIpc) is 3.00. The molecule has 0 bridgehead atoms. The van der Waals surface area contributed by atoms with Crippen molar-refractivity contribution in [1.29, 1.82) is 0 Å². The van der Waals surface area contributed by atoms with Crippen molar-refractivity contribution in [2.75, 3.05) is 10.6 Å². The lowest BCUT2D eigenvalue weighted by molar-refractivity contribution is -0.138.